The van der Waals surface area contributed by atoms with Crippen molar-refractivity contribution in [2.24, 2.45) is 0 Å². The van der Waals surface area contributed by atoms with Gasteiger partial charge in [-0.2, -0.15) is 0 Å². The first-order valence-electron chi connectivity index (χ1n) is 7.21. The molecule has 0 heterocycles. The van der Waals surface area contributed by atoms with Gasteiger partial charge in [-0.1, -0.05) is 40.2 Å². The Labute approximate surface area is 135 Å². The highest BCUT2D eigenvalue weighted by Gasteiger charge is 2.19. The van der Waals surface area contributed by atoms with Crippen molar-refractivity contribution in [3.8, 4) is 5.75 Å². The molecular weight excluding hydrogens is 326 g/mol. The maximum absolute atomic E-state index is 5.97. The van der Waals surface area contributed by atoms with Gasteiger partial charge >= 0.3 is 0 Å². The zero-order valence-corrected chi connectivity index (χ0v) is 14.6. The van der Waals surface area contributed by atoms with Crippen molar-refractivity contribution in [2.45, 2.75) is 32.9 Å². The molecule has 21 heavy (non-hydrogen) atoms. The van der Waals surface area contributed by atoms with Crippen LogP contribution in [0.5, 0.6) is 5.75 Å². The minimum absolute atomic E-state index is 0.109. The third kappa shape index (κ3) is 3.86. The van der Waals surface area contributed by atoms with Crippen LogP contribution in [0, 0.1) is 6.92 Å². The molecule has 0 radical (unpaired) electrons. The second-order valence-corrected chi connectivity index (χ2v) is 6.34. The molecule has 0 fully saturated rings. The van der Waals surface area contributed by atoms with Crippen LogP contribution in [-0.4, -0.2) is 13.2 Å². The minimum atomic E-state index is 0.109. The van der Waals surface area contributed by atoms with E-state index in [9.17, 15) is 0 Å². The van der Waals surface area contributed by atoms with E-state index in [-0.39, 0.29) is 12.1 Å². The molecule has 0 bridgehead atoms. The molecular formula is C18H22BrNO. The fraction of sp³-hybridized carbons (Fsp3) is 0.333. The number of benzene rings is 2. The Bertz CT molecular complexity index is 610. The summed E-state index contributed by atoms with van der Waals surface area (Å²) in [7, 11) is 1.98. The van der Waals surface area contributed by atoms with Gasteiger partial charge in [-0.3, -0.25) is 0 Å². The average molecular weight is 348 g/mol. The van der Waals surface area contributed by atoms with Gasteiger partial charge < -0.3 is 10.1 Å². The fourth-order valence-corrected chi connectivity index (χ4v) is 2.86. The van der Waals surface area contributed by atoms with Crippen molar-refractivity contribution in [3.05, 3.63) is 63.6 Å². The molecule has 2 aromatic carbocycles. The molecule has 0 spiro atoms. The van der Waals surface area contributed by atoms with Crippen LogP contribution in [0.15, 0.2) is 46.9 Å². The van der Waals surface area contributed by atoms with Crippen molar-refractivity contribution in [1.82, 2.24) is 5.32 Å². The zero-order valence-electron chi connectivity index (χ0n) is 13.0. The molecule has 0 aromatic heterocycles. The molecule has 1 N–H and O–H groups in total. The fourth-order valence-electron chi connectivity index (χ4n) is 2.48. The van der Waals surface area contributed by atoms with Gasteiger partial charge in [0.25, 0.3) is 0 Å². The summed E-state index contributed by atoms with van der Waals surface area (Å²) in [6, 6.07) is 14.7. The van der Waals surface area contributed by atoms with E-state index < -0.39 is 0 Å². The Morgan fingerprint density at radius 2 is 1.76 bits per heavy atom. The number of hydrogen-bond donors (Lipinski definition) is 1. The van der Waals surface area contributed by atoms with Gasteiger partial charge in [0.1, 0.15) is 5.75 Å². The van der Waals surface area contributed by atoms with Crippen molar-refractivity contribution < 1.29 is 4.74 Å². The summed E-state index contributed by atoms with van der Waals surface area (Å²) in [5.41, 5.74) is 3.68. The largest absolute Gasteiger partial charge is 0.491 e. The first-order valence-corrected chi connectivity index (χ1v) is 8.01. The predicted octanol–water partition coefficient (Wildman–Crippen LogP) is 4.85. The normalized spacial score (nSPS) is 12.5. The molecule has 0 amide bonds. The number of nitrogens with one attached hydrogen (secondary N) is 1. The van der Waals surface area contributed by atoms with E-state index in [1.165, 1.54) is 11.1 Å². The Morgan fingerprint density at radius 1 is 1.05 bits per heavy atom. The molecule has 3 heteroatoms. The summed E-state index contributed by atoms with van der Waals surface area (Å²) < 4.78 is 7.06. The number of halogens is 1. The van der Waals surface area contributed by atoms with E-state index in [0.717, 1.165) is 15.8 Å². The minimum Gasteiger partial charge on any atom is -0.491 e. The lowest BCUT2D eigenvalue weighted by Gasteiger charge is -2.23. The monoisotopic (exact) mass is 347 g/mol. The molecule has 0 saturated carbocycles. The third-order valence-electron chi connectivity index (χ3n) is 3.43. The number of rotatable bonds is 5. The van der Waals surface area contributed by atoms with Crippen LogP contribution in [0.25, 0.3) is 0 Å². The van der Waals surface area contributed by atoms with Crippen molar-refractivity contribution in [2.75, 3.05) is 7.05 Å². The van der Waals surface area contributed by atoms with Gasteiger partial charge in [-0.25, -0.2) is 0 Å². The van der Waals surface area contributed by atoms with Crippen molar-refractivity contribution in [3.63, 3.8) is 0 Å². The van der Waals surface area contributed by atoms with Crippen LogP contribution >= 0.6 is 15.9 Å². The van der Waals surface area contributed by atoms with Gasteiger partial charge in [0, 0.05) is 10.0 Å². The Kier molecular flexibility index (Phi) is 5.43. The summed E-state index contributed by atoms with van der Waals surface area (Å²) >= 11 is 3.57. The number of ether oxygens (including phenoxy) is 1. The Hall–Kier alpha value is -1.32. The van der Waals surface area contributed by atoms with Gasteiger partial charge in [0.15, 0.2) is 0 Å². The summed E-state index contributed by atoms with van der Waals surface area (Å²) in [5.74, 6) is 0.936. The zero-order chi connectivity index (χ0) is 15.4. The van der Waals surface area contributed by atoms with Crippen LogP contribution in [-0.2, 0) is 0 Å². The summed E-state index contributed by atoms with van der Waals surface area (Å²) in [6.07, 6.45) is 0.160. The second-order valence-electron chi connectivity index (χ2n) is 5.43. The molecule has 0 saturated heterocycles. The van der Waals surface area contributed by atoms with Gasteiger partial charge in [0.2, 0.25) is 0 Å². The van der Waals surface area contributed by atoms with Gasteiger partial charge in [-0.05, 0) is 57.1 Å². The maximum Gasteiger partial charge on any atom is 0.124 e. The highest BCUT2D eigenvalue weighted by molar-refractivity contribution is 9.10. The standard InChI is InChI=1S/C18H22BrNO/c1-12(2)21-17-8-6-5-7-15(17)18(20-4)16-11-14(19)10-9-13(16)3/h5-12,18,20H,1-4H3. The smallest absolute Gasteiger partial charge is 0.124 e. The number of aryl methyl sites for hydroxylation is 1. The molecule has 0 aliphatic heterocycles. The van der Waals surface area contributed by atoms with Gasteiger partial charge in [-0.15, -0.1) is 0 Å². The highest BCUT2D eigenvalue weighted by atomic mass is 79.9. The maximum atomic E-state index is 5.97. The van der Waals surface area contributed by atoms with Crippen LogP contribution in [0.2, 0.25) is 0 Å². The van der Waals surface area contributed by atoms with Gasteiger partial charge in [0.05, 0.1) is 12.1 Å². The average Bonchev–Trinajstić information content (AvgIpc) is 2.44. The first-order chi connectivity index (χ1) is 10.0. The predicted molar refractivity (Wildman–Crippen MR) is 92.0 cm³/mol. The quantitative estimate of drug-likeness (QED) is 0.834. The van der Waals surface area contributed by atoms with Crippen LogP contribution < -0.4 is 10.1 Å². The number of hydrogen-bond acceptors (Lipinski definition) is 2. The van der Waals surface area contributed by atoms with E-state index in [0.29, 0.717) is 0 Å². The van der Waals surface area contributed by atoms with E-state index >= 15 is 0 Å². The topological polar surface area (TPSA) is 21.3 Å². The SMILES string of the molecule is CNC(c1cc(Br)ccc1C)c1ccccc1OC(C)C. The molecule has 112 valence electrons. The molecule has 1 atom stereocenters. The summed E-state index contributed by atoms with van der Waals surface area (Å²) in [5, 5.41) is 3.42. The molecule has 0 aliphatic rings. The third-order valence-corrected chi connectivity index (χ3v) is 3.93. The molecule has 2 nitrogen and oxygen atoms in total. The Balaban J connectivity index is 2.49. The van der Waals surface area contributed by atoms with Crippen LogP contribution in [0.3, 0.4) is 0 Å². The van der Waals surface area contributed by atoms with E-state index in [4.69, 9.17) is 4.74 Å². The van der Waals surface area contributed by atoms with Crippen LogP contribution in [0.4, 0.5) is 0 Å². The second kappa shape index (κ2) is 7.10. The summed E-state index contributed by atoms with van der Waals surface area (Å²) in [4.78, 5) is 0. The lowest BCUT2D eigenvalue weighted by molar-refractivity contribution is 0.238. The number of para-hydroxylation sites is 1. The molecule has 0 aliphatic carbocycles. The van der Waals surface area contributed by atoms with Crippen molar-refractivity contribution >= 4 is 15.9 Å². The molecule has 2 aromatic rings. The van der Waals surface area contributed by atoms with E-state index in [1.54, 1.807) is 0 Å². The summed E-state index contributed by atoms with van der Waals surface area (Å²) in [6.45, 7) is 6.24. The molecule has 2 rings (SSSR count). The van der Waals surface area contributed by atoms with E-state index in [1.807, 2.05) is 19.2 Å². The molecule has 1 unspecified atom stereocenters. The lowest BCUT2D eigenvalue weighted by atomic mass is 9.94. The highest BCUT2D eigenvalue weighted by Crippen LogP contribution is 2.33. The lowest BCUT2D eigenvalue weighted by Crippen LogP contribution is -2.20. The van der Waals surface area contributed by atoms with E-state index in [2.05, 4.69) is 72.3 Å². The Morgan fingerprint density at radius 3 is 2.43 bits per heavy atom. The first kappa shape index (κ1) is 16.1. The van der Waals surface area contributed by atoms with Crippen LogP contribution in [0.1, 0.15) is 36.6 Å². The van der Waals surface area contributed by atoms with Crippen molar-refractivity contribution in [1.29, 1.82) is 0 Å².